The third kappa shape index (κ3) is 4.52. The lowest BCUT2D eigenvalue weighted by Gasteiger charge is -2.10. The average molecular weight is 269 g/mol. The van der Waals surface area contributed by atoms with E-state index in [9.17, 15) is 18.0 Å². The zero-order valence-electron chi connectivity index (χ0n) is 8.42. The second kappa shape index (κ2) is 5.27. The molecule has 7 heteroatoms. The maximum Gasteiger partial charge on any atom is 0.392 e. The van der Waals surface area contributed by atoms with Crippen molar-refractivity contribution in [1.82, 2.24) is 0 Å². The van der Waals surface area contributed by atoms with Crippen molar-refractivity contribution >= 4 is 17.6 Å². The fraction of sp³-hybridized carbons (Fsp3) is 0.300. The highest BCUT2D eigenvalue weighted by Crippen LogP contribution is 2.25. The molecule has 94 valence electrons. The van der Waals surface area contributed by atoms with Crippen LogP contribution in [0.5, 0.6) is 5.75 Å². The number of carboxylic acid groups (broad SMARTS) is 1. The van der Waals surface area contributed by atoms with E-state index in [1.54, 1.807) is 0 Å². The van der Waals surface area contributed by atoms with Gasteiger partial charge >= 0.3 is 12.1 Å². The Kier molecular flexibility index (Phi) is 4.22. The SMILES string of the molecule is O=C(O)c1ccc(Cl)cc1OCCC(F)(F)F. The summed E-state index contributed by atoms with van der Waals surface area (Å²) in [7, 11) is 0. The van der Waals surface area contributed by atoms with E-state index in [1.165, 1.54) is 18.2 Å². The van der Waals surface area contributed by atoms with Crippen molar-refractivity contribution in [2.45, 2.75) is 12.6 Å². The number of hydrogen-bond donors (Lipinski definition) is 1. The smallest absolute Gasteiger partial charge is 0.392 e. The molecule has 0 aliphatic rings. The first-order valence-electron chi connectivity index (χ1n) is 4.52. The third-order valence-corrected chi connectivity index (χ3v) is 2.05. The number of carboxylic acids is 1. The normalized spacial score (nSPS) is 11.3. The highest BCUT2D eigenvalue weighted by Gasteiger charge is 2.27. The third-order valence-electron chi connectivity index (χ3n) is 1.82. The van der Waals surface area contributed by atoms with Crippen LogP contribution in [0, 0.1) is 0 Å². The fourth-order valence-electron chi connectivity index (χ4n) is 1.07. The number of carbonyl (C=O) groups is 1. The molecule has 0 spiro atoms. The van der Waals surface area contributed by atoms with E-state index in [2.05, 4.69) is 0 Å². The molecule has 1 N–H and O–H groups in total. The Balaban J connectivity index is 2.75. The Bertz CT molecular complexity index is 418. The topological polar surface area (TPSA) is 46.5 Å². The van der Waals surface area contributed by atoms with Crippen molar-refractivity contribution < 1.29 is 27.8 Å². The Hall–Kier alpha value is -1.43. The lowest BCUT2D eigenvalue weighted by atomic mass is 10.2. The number of halogens is 4. The Labute approximate surface area is 99.8 Å². The van der Waals surface area contributed by atoms with Crippen LogP contribution in [0.25, 0.3) is 0 Å². The molecular formula is C10H8ClF3O3. The van der Waals surface area contributed by atoms with E-state index < -0.39 is 25.2 Å². The van der Waals surface area contributed by atoms with Crippen molar-refractivity contribution in [3.05, 3.63) is 28.8 Å². The quantitative estimate of drug-likeness (QED) is 0.911. The van der Waals surface area contributed by atoms with Gasteiger partial charge in [-0.1, -0.05) is 11.6 Å². The Morgan fingerprint density at radius 2 is 2.06 bits per heavy atom. The summed E-state index contributed by atoms with van der Waals surface area (Å²) in [5.74, 6) is -1.46. The predicted molar refractivity (Wildman–Crippen MR) is 54.6 cm³/mol. The summed E-state index contributed by atoms with van der Waals surface area (Å²) in [6.07, 6.45) is -5.50. The van der Waals surface area contributed by atoms with Gasteiger partial charge in [0.05, 0.1) is 13.0 Å². The zero-order valence-corrected chi connectivity index (χ0v) is 9.18. The lowest BCUT2D eigenvalue weighted by molar-refractivity contribution is -0.139. The van der Waals surface area contributed by atoms with Gasteiger partial charge in [0.1, 0.15) is 11.3 Å². The van der Waals surface area contributed by atoms with Crippen LogP contribution in [-0.2, 0) is 0 Å². The van der Waals surface area contributed by atoms with Gasteiger partial charge in [-0.05, 0) is 18.2 Å². The van der Waals surface area contributed by atoms with Gasteiger partial charge in [0, 0.05) is 5.02 Å². The zero-order chi connectivity index (χ0) is 13.1. The fourth-order valence-corrected chi connectivity index (χ4v) is 1.23. The van der Waals surface area contributed by atoms with Crippen molar-refractivity contribution in [3.8, 4) is 5.75 Å². The minimum Gasteiger partial charge on any atom is -0.492 e. The highest BCUT2D eigenvalue weighted by molar-refractivity contribution is 6.30. The summed E-state index contributed by atoms with van der Waals surface area (Å²) in [5, 5.41) is 8.96. The molecule has 3 nitrogen and oxygen atoms in total. The summed E-state index contributed by atoms with van der Waals surface area (Å²) >= 11 is 5.60. The van der Waals surface area contributed by atoms with Crippen LogP contribution in [-0.4, -0.2) is 23.9 Å². The molecular weight excluding hydrogens is 261 g/mol. The number of ether oxygens (including phenoxy) is 1. The molecule has 0 aromatic heterocycles. The molecule has 1 rings (SSSR count). The van der Waals surface area contributed by atoms with Crippen LogP contribution in [0.4, 0.5) is 13.2 Å². The van der Waals surface area contributed by atoms with E-state index in [0.717, 1.165) is 0 Å². The molecule has 0 saturated heterocycles. The van der Waals surface area contributed by atoms with Gasteiger partial charge in [0.25, 0.3) is 0 Å². The maximum absolute atomic E-state index is 11.9. The van der Waals surface area contributed by atoms with Crippen LogP contribution < -0.4 is 4.74 Å². The van der Waals surface area contributed by atoms with E-state index in [1.807, 2.05) is 0 Å². The average Bonchev–Trinajstić information content (AvgIpc) is 2.15. The molecule has 0 aliphatic carbocycles. The van der Waals surface area contributed by atoms with Gasteiger partial charge in [-0.25, -0.2) is 4.79 Å². The molecule has 0 saturated carbocycles. The second-order valence-electron chi connectivity index (χ2n) is 3.16. The minimum atomic E-state index is -4.35. The molecule has 1 aromatic rings. The van der Waals surface area contributed by atoms with Gasteiger partial charge < -0.3 is 9.84 Å². The predicted octanol–water partition coefficient (Wildman–Crippen LogP) is 3.37. The van der Waals surface area contributed by atoms with Crippen LogP contribution in [0.2, 0.25) is 5.02 Å². The summed E-state index contributed by atoms with van der Waals surface area (Å²) in [5.41, 5.74) is -0.225. The van der Waals surface area contributed by atoms with E-state index in [4.69, 9.17) is 21.4 Å². The second-order valence-corrected chi connectivity index (χ2v) is 3.60. The van der Waals surface area contributed by atoms with E-state index >= 15 is 0 Å². The Morgan fingerprint density at radius 3 is 2.59 bits per heavy atom. The van der Waals surface area contributed by atoms with Crippen LogP contribution >= 0.6 is 11.6 Å². The minimum absolute atomic E-state index is 0.172. The molecule has 0 radical (unpaired) electrons. The van der Waals surface area contributed by atoms with E-state index in [0.29, 0.717) is 0 Å². The standard InChI is InChI=1S/C10H8ClF3O3/c11-6-1-2-7(9(15)16)8(5-6)17-4-3-10(12,13)14/h1-2,5H,3-4H2,(H,15,16). The number of rotatable bonds is 4. The number of aromatic carboxylic acids is 1. The summed E-state index contributed by atoms with van der Waals surface area (Å²) < 4.78 is 40.4. The largest absolute Gasteiger partial charge is 0.492 e. The van der Waals surface area contributed by atoms with Crippen molar-refractivity contribution in [2.24, 2.45) is 0 Å². The van der Waals surface area contributed by atoms with Crippen molar-refractivity contribution in [1.29, 1.82) is 0 Å². The number of hydrogen-bond acceptors (Lipinski definition) is 2. The van der Waals surface area contributed by atoms with Gasteiger partial charge in [0.2, 0.25) is 0 Å². The first-order chi connectivity index (χ1) is 7.79. The first kappa shape index (κ1) is 13.6. The van der Waals surface area contributed by atoms with Crippen molar-refractivity contribution in [2.75, 3.05) is 6.61 Å². The molecule has 0 unspecified atom stereocenters. The molecule has 0 bridgehead atoms. The van der Waals surface area contributed by atoms with Crippen molar-refractivity contribution in [3.63, 3.8) is 0 Å². The van der Waals surface area contributed by atoms with Gasteiger partial charge in [-0.2, -0.15) is 13.2 Å². The van der Waals surface area contributed by atoms with Gasteiger partial charge in [-0.3, -0.25) is 0 Å². The molecule has 0 fully saturated rings. The lowest BCUT2D eigenvalue weighted by Crippen LogP contribution is -2.14. The Morgan fingerprint density at radius 1 is 1.41 bits per heavy atom. The summed E-state index contributed by atoms with van der Waals surface area (Å²) in [6, 6.07) is 3.66. The van der Waals surface area contributed by atoms with E-state index in [-0.39, 0.29) is 16.3 Å². The number of alkyl halides is 3. The molecule has 0 heterocycles. The number of benzene rings is 1. The summed E-state index contributed by atoms with van der Waals surface area (Å²) in [6.45, 7) is -0.649. The maximum atomic E-state index is 11.9. The molecule has 17 heavy (non-hydrogen) atoms. The first-order valence-corrected chi connectivity index (χ1v) is 4.90. The molecule has 0 atom stereocenters. The van der Waals surface area contributed by atoms with Gasteiger partial charge in [0.15, 0.2) is 0 Å². The molecule has 0 amide bonds. The van der Waals surface area contributed by atoms with Crippen LogP contribution in [0.3, 0.4) is 0 Å². The monoisotopic (exact) mass is 268 g/mol. The van der Waals surface area contributed by atoms with Crippen LogP contribution in [0.15, 0.2) is 18.2 Å². The molecule has 1 aromatic carbocycles. The van der Waals surface area contributed by atoms with Crippen LogP contribution in [0.1, 0.15) is 16.8 Å². The van der Waals surface area contributed by atoms with Gasteiger partial charge in [-0.15, -0.1) is 0 Å². The summed E-state index contributed by atoms with van der Waals surface area (Å²) in [4.78, 5) is 10.7. The highest BCUT2D eigenvalue weighted by atomic mass is 35.5. The molecule has 0 aliphatic heterocycles.